The van der Waals surface area contributed by atoms with E-state index in [9.17, 15) is 13.0 Å². The van der Waals surface area contributed by atoms with Crippen molar-refractivity contribution in [1.29, 1.82) is 0 Å². The molecule has 0 fully saturated rings. The Morgan fingerprint density at radius 3 is 2.18 bits per heavy atom. The molecule has 9 heteroatoms. The number of halogens is 2. The highest BCUT2D eigenvalue weighted by Gasteiger charge is 2.34. The molecule has 6 nitrogen and oxygen atoms in total. The minimum atomic E-state index is -1.86. The molecule has 0 saturated heterocycles. The summed E-state index contributed by atoms with van der Waals surface area (Å²) in [7, 11) is 3.32. The zero-order valence-corrected chi connectivity index (χ0v) is 27.7. The topological polar surface area (TPSA) is 57.2 Å². The zero-order valence-electron chi connectivity index (χ0n) is 26.9. The number of allylic oxidation sites excluding steroid dienone is 2. The molecule has 0 amide bonds. The molecule has 2 unspecified atom stereocenters. The summed E-state index contributed by atoms with van der Waals surface area (Å²) in [6, 6.07) is 13.9. The summed E-state index contributed by atoms with van der Waals surface area (Å²) in [5.74, 6) is 1.48. The van der Waals surface area contributed by atoms with E-state index in [2.05, 4.69) is 30.2 Å². The van der Waals surface area contributed by atoms with Crippen molar-refractivity contribution in [3.05, 3.63) is 102 Å². The smallest absolute Gasteiger partial charge is 0.240 e. The highest BCUT2D eigenvalue weighted by molar-refractivity contribution is 7.80. The summed E-state index contributed by atoms with van der Waals surface area (Å²) in [4.78, 5) is 2.71. The van der Waals surface area contributed by atoms with Crippen molar-refractivity contribution >= 4 is 11.1 Å². The maximum Gasteiger partial charge on any atom is 0.240 e. The maximum atomic E-state index is 13.6. The van der Waals surface area contributed by atoms with Gasteiger partial charge >= 0.3 is 0 Å². The summed E-state index contributed by atoms with van der Waals surface area (Å²) < 4.78 is 60.2. The van der Waals surface area contributed by atoms with E-state index in [1.807, 2.05) is 46.8 Å². The van der Waals surface area contributed by atoms with Gasteiger partial charge in [0.15, 0.2) is 23.0 Å². The second-order valence-corrected chi connectivity index (χ2v) is 10.4. The molecule has 2 aliphatic rings. The standard InChI is InChI=1S/C27H28FNO5S.C4H5F.2C2H6/c1-4-33-26-12-18-10-23-22-15-25(32-3)24(31-2)11-17(22)8-9-29(23)16-19(18)13-27(26)34-35(30)21-7-5-6-20(28)14-21;1-3-4(2)5;2*1-2/h5-7,11-15,23H,4,8-10,16H2,1-3H3;3H,1-2H2;2*1-2H3. The second kappa shape index (κ2) is 18.2. The van der Waals surface area contributed by atoms with Gasteiger partial charge in [-0.05, 0) is 90.6 Å². The molecule has 0 N–H and O–H groups in total. The molecular weight excluding hydrogens is 584 g/mol. The van der Waals surface area contributed by atoms with Crippen molar-refractivity contribution in [1.82, 2.24) is 4.90 Å². The average Bonchev–Trinajstić information content (AvgIpc) is 3.05. The van der Waals surface area contributed by atoms with Gasteiger partial charge in [0.25, 0.3) is 0 Å². The van der Waals surface area contributed by atoms with Gasteiger partial charge in [0.05, 0.1) is 25.7 Å². The van der Waals surface area contributed by atoms with E-state index in [-0.39, 0.29) is 10.9 Å². The number of nitrogens with zero attached hydrogens (tertiary/aromatic N) is 1. The van der Waals surface area contributed by atoms with Gasteiger partial charge in [-0.25, -0.2) is 13.0 Å². The van der Waals surface area contributed by atoms with Crippen molar-refractivity contribution in [3.63, 3.8) is 0 Å². The number of methoxy groups -OCH3 is 2. The van der Waals surface area contributed by atoms with Crippen molar-refractivity contribution < 1.29 is 31.4 Å². The third-order valence-electron chi connectivity index (χ3n) is 6.84. The first kappa shape index (κ1) is 36.5. The van der Waals surface area contributed by atoms with Crippen LogP contribution in [0.2, 0.25) is 0 Å². The van der Waals surface area contributed by atoms with Crippen LogP contribution in [0.1, 0.15) is 62.9 Å². The van der Waals surface area contributed by atoms with Gasteiger partial charge in [-0.15, -0.1) is 0 Å². The molecule has 3 aromatic carbocycles. The van der Waals surface area contributed by atoms with Crippen LogP contribution < -0.4 is 18.4 Å². The molecule has 2 aliphatic heterocycles. The summed E-state index contributed by atoms with van der Waals surface area (Å²) >= 11 is -1.86. The minimum absolute atomic E-state index is 0.216. The SMILES string of the molecule is C=CC(=C)F.CC.CC.CCOc1cc2c(cc1OS(=O)c1cccc(F)c1)CN1CCc3cc(OC)c(OC)cc3C1C2. The van der Waals surface area contributed by atoms with Gasteiger partial charge in [0.1, 0.15) is 11.6 Å². The first-order valence-corrected chi connectivity index (χ1v) is 15.9. The van der Waals surface area contributed by atoms with Crippen LogP contribution >= 0.6 is 0 Å². The van der Waals surface area contributed by atoms with E-state index in [1.165, 1.54) is 34.9 Å². The predicted octanol–water partition coefficient (Wildman–Crippen LogP) is 8.71. The Morgan fingerprint density at radius 2 is 1.59 bits per heavy atom. The van der Waals surface area contributed by atoms with E-state index in [4.69, 9.17) is 18.4 Å². The molecule has 3 aromatic rings. The summed E-state index contributed by atoms with van der Waals surface area (Å²) in [5.41, 5.74) is 4.81. The Bertz CT molecular complexity index is 1430. The van der Waals surface area contributed by atoms with Gasteiger partial charge < -0.3 is 18.4 Å². The molecule has 0 saturated carbocycles. The Hall–Kier alpha value is -3.69. The number of rotatable bonds is 8. The van der Waals surface area contributed by atoms with Crippen molar-refractivity contribution in [2.45, 2.75) is 64.9 Å². The third-order valence-corrected chi connectivity index (χ3v) is 7.81. The minimum Gasteiger partial charge on any atom is -0.493 e. The first-order chi connectivity index (χ1) is 21.3. The molecule has 0 bridgehead atoms. The molecule has 2 heterocycles. The van der Waals surface area contributed by atoms with E-state index in [0.717, 1.165) is 49.1 Å². The van der Waals surface area contributed by atoms with Gasteiger partial charge in [-0.1, -0.05) is 46.9 Å². The molecule has 0 aromatic heterocycles. The fourth-order valence-corrected chi connectivity index (χ4v) is 5.74. The largest absolute Gasteiger partial charge is 0.493 e. The lowest BCUT2D eigenvalue weighted by Crippen LogP contribution is -2.39. The fraction of sp³-hybridized carbons (Fsp3) is 0.371. The van der Waals surface area contributed by atoms with Crippen LogP contribution in [0.3, 0.4) is 0 Å². The van der Waals surface area contributed by atoms with Crippen LogP contribution in [0.5, 0.6) is 23.0 Å². The second-order valence-electron chi connectivity index (χ2n) is 9.27. The van der Waals surface area contributed by atoms with Crippen LogP contribution in [0, 0.1) is 5.82 Å². The molecule has 44 heavy (non-hydrogen) atoms. The lowest BCUT2D eigenvalue weighted by Gasteiger charge is -2.41. The summed E-state index contributed by atoms with van der Waals surface area (Å²) in [5, 5.41) is 0. The van der Waals surface area contributed by atoms with Crippen molar-refractivity contribution in [2.24, 2.45) is 0 Å². The molecule has 5 rings (SSSR count). The molecule has 0 aliphatic carbocycles. The summed E-state index contributed by atoms with van der Waals surface area (Å²) in [6.45, 7) is 18.0. The zero-order chi connectivity index (χ0) is 32.8. The number of hydrogen-bond donors (Lipinski definition) is 0. The number of benzene rings is 3. The van der Waals surface area contributed by atoms with Crippen LogP contribution in [-0.4, -0.2) is 36.5 Å². The predicted molar refractivity (Wildman–Crippen MR) is 174 cm³/mol. The van der Waals surface area contributed by atoms with E-state index in [0.29, 0.717) is 18.1 Å². The van der Waals surface area contributed by atoms with Crippen LogP contribution in [0.25, 0.3) is 0 Å². The quantitative estimate of drug-likeness (QED) is 0.232. The highest BCUT2D eigenvalue weighted by Crippen LogP contribution is 2.44. The number of fused-ring (bicyclic) bond motifs is 4. The first-order valence-electron chi connectivity index (χ1n) is 14.9. The van der Waals surface area contributed by atoms with Crippen LogP contribution in [0.15, 0.2) is 78.5 Å². The molecule has 0 radical (unpaired) electrons. The maximum absolute atomic E-state index is 13.6. The Morgan fingerprint density at radius 1 is 0.977 bits per heavy atom. The van der Waals surface area contributed by atoms with Crippen molar-refractivity contribution in [2.75, 3.05) is 27.4 Å². The Balaban J connectivity index is 0.000000673. The molecule has 0 spiro atoms. The van der Waals surface area contributed by atoms with Gasteiger partial charge in [0.2, 0.25) is 11.1 Å². The Labute approximate surface area is 264 Å². The van der Waals surface area contributed by atoms with Crippen molar-refractivity contribution in [3.8, 4) is 23.0 Å². The Kier molecular flexibility index (Phi) is 15.1. The number of hydrogen-bond acceptors (Lipinski definition) is 6. The molecule has 2 atom stereocenters. The van der Waals surface area contributed by atoms with Crippen LogP contribution in [0.4, 0.5) is 8.78 Å². The normalized spacial score (nSPS) is 15.0. The summed E-state index contributed by atoms with van der Waals surface area (Å²) in [6.07, 6.45) is 2.79. The van der Waals surface area contributed by atoms with E-state index >= 15 is 0 Å². The van der Waals surface area contributed by atoms with Gasteiger partial charge in [0, 0.05) is 19.1 Å². The monoisotopic (exact) mass is 629 g/mol. The number of ether oxygens (including phenoxy) is 3. The average molecular weight is 630 g/mol. The lowest BCUT2D eigenvalue weighted by molar-refractivity contribution is 0.160. The van der Waals surface area contributed by atoms with Crippen LogP contribution in [-0.2, 0) is 30.5 Å². The molecular formula is C35H45F2NO5S. The highest BCUT2D eigenvalue weighted by atomic mass is 32.2. The van der Waals surface area contributed by atoms with Gasteiger partial charge in [-0.3, -0.25) is 4.90 Å². The van der Waals surface area contributed by atoms with Gasteiger partial charge in [-0.2, -0.15) is 0 Å². The van der Waals surface area contributed by atoms with E-state index < -0.39 is 22.7 Å². The molecule has 240 valence electrons. The lowest BCUT2D eigenvalue weighted by atomic mass is 9.83. The fourth-order valence-electron chi connectivity index (χ4n) is 4.95. The third kappa shape index (κ3) is 9.16. The van der Waals surface area contributed by atoms with E-state index in [1.54, 1.807) is 20.3 Å².